The number of nitrogens with one attached hydrogen (secondary N) is 1. The van der Waals surface area contributed by atoms with Crippen molar-refractivity contribution in [3.8, 4) is 5.75 Å². The molecule has 0 bridgehead atoms. The Morgan fingerprint density at radius 1 is 1.39 bits per heavy atom. The molecule has 1 amide bonds. The van der Waals surface area contributed by atoms with E-state index in [2.05, 4.69) is 34.2 Å². The van der Waals surface area contributed by atoms with E-state index in [9.17, 15) is 4.79 Å². The summed E-state index contributed by atoms with van der Waals surface area (Å²) in [6, 6.07) is 7.96. The summed E-state index contributed by atoms with van der Waals surface area (Å²) in [6.45, 7) is 6.71. The zero-order valence-corrected chi connectivity index (χ0v) is 12.7. The molecule has 0 aliphatic carbocycles. The summed E-state index contributed by atoms with van der Waals surface area (Å²) in [5, 5.41) is 2.82. The Labute approximate surface area is 117 Å². The van der Waals surface area contributed by atoms with Crippen LogP contribution >= 0.6 is 15.9 Å². The van der Waals surface area contributed by atoms with Crippen LogP contribution in [0.1, 0.15) is 26.3 Å². The average Bonchev–Trinajstić information content (AvgIpc) is 2.33. The Morgan fingerprint density at radius 2 is 2.06 bits per heavy atom. The molecule has 0 heterocycles. The molecule has 0 fully saturated rings. The van der Waals surface area contributed by atoms with Gasteiger partial charge in [-0.1, -0.05) is 41.1 Å². The van der Waals surface area contributed by atoms with Crippen molar-refractivity contribution < 1.29 is 9.53 Å². The molecule has 0 unspecified atom stereocenters. The lowest BCUT2D eigenvalue weighted by Crippen LogP contribution is -2.39. The number of carbonyl (C=O) groups is 1. The van der Waals surface area contributed by atoms with Crippen molar-refractivity contribution in [3.63, 3.8) is 0 Å². The fraction of sp³-hybridized carbons (Fsp3) is 0.500. The standard InChI is InChI=1S/C14H20BrNO2/c1-4-11-7-5-6-8-12(11)18-10-9-16-13(17)14(2,3)15/h5-8H,4,9-10H2,1-3H3,(H,16,17). The normalized spacial score (nSPS) is 11.1. The largest absolute Gasteiger partial charge is 0.491 e. The number of hydrogen-bond donors (Lipinski definition) is 1. The quantitative estimate of drug-likeness (QED) is 0.648. The molecule has 1 rings (SSSR count). The van der Waals surface area contributed by atoms with Gasteiger partial charge in [-0.2, -0.15) is 0 Å². The maximum Gasteiger partial charge on any atom is 0.236 e. The molecule has 0 saturated carbocycles. The van der Waals surface area contributed by atoms with E-state index >= 15 is 0 Å². The molecule has 0 saturated heterocycles. The van der Waals surface area contributed by atoms with E-state index in [1.807, 2.05) is 32.0 Å². The first-order valence-corrected chi connectivity index (χ1v) is 6.92. The van der Waals surface area contributed by atoms with Crippen molar-refractivity contribution in [1.29, 1.82) is 0 Å². The summed E-state index contributed by atoms with van der Waals surface area (Å²) in [5.41, 5.74) is 1.18. The molecule has 0 spiro atoms. The van der Waals surface area contributed by atoms with E-state index in [0.29, 0.717) is 13.2 Å². The third-order valence-corrected chi connectivity index (χ3v) is 2.90. The number of halogens is 1. The maximum absolute atomic E-state index is 11.6. The molecule has 0 aliphatic rings. The second kappa shape index (κ2) is 6.78. The van der Waals surface area contributed by atoms with Crippen LogP contribution in [-0.4, -0.2) is 23.4 Å². The minimum absolute atomic E-state index is 0.0325. The van der Waals surface area contributed by atoms with E-state index < -0.39 is 4.32 Å². The van der Waals surface area contributed by atoms with Crippen LogP contribution in [0.25, 0.3) is 0 Å². The van der Waals surface area contributed by atoms with Crippen LogP contribution in [0.2, 0.25) is 0 Å². The van der Waals surface area contributed by atoms with Gasteiger partial charge in [0.25, 0.3) is 0 Å². The molecule has 0 atom stereocenters. The summed E-state index contributed by atoms with van der Waals surface area (Å²) < 4.78 is 5.13. The highest BCUT2D eigenvalue weighted by Gasteiger charge is 2.22. The lowest BCUT2D eigenvalue weighted by molar-refractivity contribution is -0.122. The molecule has 0 aromatic heterocycles. The van der Waals surface area contributed by atoms with Crippen LogP contribution in [0.3, 0.4) is 0 Å². The molecular formula is C14H20BrNO2. The summed E-state index contributed by atoms with van der Waals surface area (Å²) in [6.07, 6.45) is 0.941. The molecule has 1 N–H and O–H groups in total. The van der Waals surface area contributed by atoms with E-state index in [1.54, 1.807) is 0 Å². The molecule has 18 heavy (non-hydrogen) atoms. The zero-order chi connectivity index (χ0) is 13.6. The van der Waals surface area contributed by atoms with Crippen molar-refractivity contribution in [2.75, 3.05) is 13.2 Å². The van der Waals surface area contributed by atoms with Crippen molar-refractivity contribution in [1.82, 2.24) is 5.32 Å². The third-order valence-electron chi connectivity index (χ3n) is 2.54. The smallest absolute Gasteiger partial charge is 0.236 e. The third kappa shape index (κ3) is 4.69. The molecule has 0 radical (unpaired) electrons. The summed E-state index contributed by atoms with van der Waals surface area (Å²) >= 11 is 3.31. The van der Waals surface area contributed by atoms with Crippen molar-refractivity contribution >= 4 is 21.8 Å². The molecule has 1 aromatic carbocycles. The lowest BCUT2D eigenvalue weighted by Gasteiger charge is -2.16. The van der Waals surface area contributed by atoms with Crippen LogP contribution < -0.4 is 10.1 Å². The second-order valence-corrected chi connectivity index (χ2v) is 6.52. The number of rotatable bonds is 6. The van der Waals surface area contributed by atoms with Crippen LogP contribution in [0.4, 0.5) is 0 Å². The van der Waals surface area contributed by atoms with Crippen LogP contribution in [0, 0.1) is 0 Å². The molecule has 4 heteroatoms. The van der Waals surface area contributed by atoms with E-state index in [0.717, 1.165) is 12.2 Å². The van der Waals surface area contributed by atoms with Gasteiger partial charge in [0, 0.05) is 0 Å². The summed E-state index contributed by atoms with van der Waals surface area (Å²) in [7, 11) is 0. The lowest BCUT2D eigenvalue weighted by atomic mass is 10.1. The van der Waals surface area contributed by atoms with Crippen molar-refractivity contribution in [2.45, 2.75) is 31.5 Å². The Hall–Kier alpha value is -1.03. The zero-order valence-electron chi connectivity index (χ0n) is 11.1. The summed E-state index contributed by atoms with van der Waals surface area (Å²) in [5.74, 6) is 0.863. The topological polar surface area (TPSA) is 38.3 Å². The first kappa shape index (κ1) is 15.0. The highest BCUT2D eigenvalue weighted by molar-refractivity contribution is 9.10. The highest BCUT2D eigenvalue weighted by atomic mass is 79.9. The van der Waals surface area contributed by atoms with Gasteiger partial charge in [0.05, 0.1) is 10.9 Å². The number of aryl methyl sites for hydroxylation is 1. The molecular weight excluding hydrogens is 294 g/mol. The Morgan fingerprint density at radius 3 is 2.67 bits per heavy atom. The van der Waals surface area contributed by atoms with Crippen LogP contribution in [0.5, 0.6) is 5.75 Å². The van der Waals surface area contributed by atoms with Crippen molar-refractivity contribution in [3.05, 3.63) is 29.8 Å². The number of amides is 1. The monoisotopic (exact) mass is 313 g/mol. The molecule has 0 aliphatic heterocycles. The van der Waals surface area contributed by atoms with Gasteiger partial charge >= 0.3 is 0 Å². The Kier molecular flexibility index (Phi) is 5.66. The fourth-order valence-electron chi connectivity index (χ4n) is 1.47. The molecule has 3 nitrogen and oxygen atoms in total. The second-order valence-electron chi connectivity index (χ2n) is 4.54. The van der Waals surface area contributed by atoms with E-state index in [1.165, 1.54) is 5.56 Å². The van der Waals surface area contributed by atoms with Crippen LogP contribution in [0.15, 0.2) is 24.3 Å². The highest BCUT2D eigenvalue weighted by Crippen LogP contribution is 2.18. The fourth-order valence-corrected chi connectivity index (χ4v) is 1.61. The summed E-state index contributed by atoms with van der Waals surface area (Å²) in [4.78, 5) is 11.6. The number of alkyl halides is 1. The van der Waals surface area contributed by atoms with Gasteiger partial charge in [0.2, 0.25) is 5.91 Å². The average molecular weight is 314 g/mol. The van der Waals surface area contributed by atoms with Gasteiger partial charge in [-0.3, -0.25) is 4.79 Å². The first-order chi connectivity index (χ1) is 8.45. The van der Waals surface area contributed by atoms with Gasteiger partial charge in [-0.15, -0.1) is 0 Å². The number of carbonyl (C=O) groups excluding carboxylic acids is 1. The van der Waals surface area contributed by atoms with E-state index in [-0.39, 0.29) is 5.91 Å². The Balaban J connectivity index is 2.36. The van der Waals surface area contributed by atoms with Crippen LogP contribution in [-0.2, 0) is 11.2 Å². The predicted octanol–water partition coefficient (Wildman–Crippen LogP) is 2.92. The van der Waals surface area contributed by atoms with Gasteiger partial charge in [-0.05, 0) is 31.9 Å². The van der Waals surface area contributed by atoms with Gasteiger partial charge in [0.1, 0.15) is 12.4 Å². The number of benzene rings is 1. The van der Waals surface area contributed by atoms with Gasteiger partial charge < -0.3 is 10.1 Å². The molecule has 1 aromatic rings. The maximum atomic E-state index is 11.6. The van der Waals surface area contributed by atoms with E-state index in [4.69, 9.17) is 4.74 Å². The van der Waals surface area contributed by atoms with Gasteiger partial charge in [0.15, 0.2) is 0 Å². The number of hydrogen-bond acceptors (Lipinski definition) is 2. The Bertz CT molecular complexity index is 399. The number of ether oxygens (including phenoxy) is 1. The SMILES string of the molecule is CCc1ccccc1OCCNC(=O)C(C)(C)Br. The van der Waals surface area contributed by atoms with Crippen molar-refractivity contribution in [2.24, 2.45) is 0 Å². The predicted molar refractivity (Wildman–Crippen MR) is 77.3 cm³/mol. The minimum atomic E-state index is -0.533. The van der Waals surface area contributed by atoms with Gasteiger partial charge in [-0.25, -0.2) is 0 Å². The first-order valence-electron chi connectivity index (χ1n) is 6.13. The molecule has 100 valence electrons. The number of para-hydroxylation sites is 1. The minimum Gasteiger partial charge on any atom is -0.491 e.